The lowest BCUT2D eigenvalue weighted by molar-refractivity contribution is -0.00818. The van der Waals surface area contributed by atoms with Crippen LogP contribution in [0.25, 0.3) is 0 Å². The van der Waals surface area contributed by atoms with Crippen molar-refractivity contribution in [1.29, 1.82) is 0 Å². The topological polar surface area (TPSA) is 155 Å². The van der Waals surface area contributed by atoms with Crippen LogP contribution in [0.5, 0.6) is 0 Å². The monoisotopic (exact) mass is 426 g/mol. The third-order valence-electron chi connectivity index (χ3n) is 4.19. The molecule has 0 bridgehead atoms. The first-order chi connectivity index (χ1) is 13.7. The van der Waals surface area contributed by atoms with Crippen LogP contribution in [0.4, 0.5) is 6.01 Å². The predicted octanol–water partition coefficient (Wildman–Crippen LogP) is 0.694. The molecule has 0 aliphatic rings. The van der Waals surface area contributed by atoms with Crippen LogP contribution in [0.15, 0.2) is 35.2 Å². The number of aliphatic hydroxyl groups excluding tert-OH is 2. The number of unbranched alkanes of at least 4 members (excludes halogenated alkanes) is 1. The average Bonchev–Trinajstić information content (AvgIpc) is 3.12. The molecule has 3 unspecified atom stereocenters. The minimum absolute atomic E-state index is 0.161. The minimum atomic E-state index is -3.60. The van der Waals surface area contributed by atoms with E-state index in [0.29, 0.717) is 6.42 Å². The van der Waals surface area contributed by atoms with E-state index in [1.54, 1.807) is 24.5 Å². The normalized spacial score (nSPS) is 14.8. The van der Waals surface area contributed by atoms with E-state index >= 15 is 0 Å². The van der Waals surface area contributed by atoms with Crippen molar-refractivity contribution in [3.05, 3.63) is 42.0 Å². The Hall–Kier alpha value is -2.50. The number of amides is 1. The van der Waals surface area contributed by atoms with Gasteiger partial charge in [0.25, 0.3) is 5.91 Å². The maximum Gasteiger partial charge on any atom is 0.309 e. The van der Waals surface area contributed by atoms with Crippen molar-refractivity contribution in [2.24, 2.45) is 0 Å². The number of aromatic nitrogens is 2. The molecule has 1 amide bonds. The molecule has 29 heavy (non-hydrogen) atoms. The first-order valence-corrected chi connectivity index (χ1v) is 11.1. The van der Waals surface area contributed by atoms with Crippen molar-refractivity contribution in [3.8, 4) is 0 Å². The van der Waals surface area contributed by atoms with Crippen LogP contribution in [0.1, 0.15) is 42.2 Å². The van der Waals surface area contributed by atoms with Gasteiger partial charge in [0, 0.05) is 12.4 Å². The summed E-state index contributed by atoms with van der Waals surface area (Å²) in [6.07, 6.45) is 5.14. The van der Waals surface area contributed by atoms with E-state index in [-0.39, 0.29) is 18.1 Å². The number of nitrogens with zero attached hydrogens (tertiary/aromatic N) is 2. The predicted molar refractivity (Wildman–Crippen MR) is 106 cm³/mol. The van der Waals surface area contributed by atoms with Crippen LogP contribution >= 0.6 is 0 Å². The molecule has 0 saturated carbocycles. The molecule has 2 rings (SSSR count). The molecule has 10 nitrogen and oxygen atoms in total. The Labute approximate surface area is 169 Å². The second-order valence-corrected chi connectivity index (χ2v) is 8.50. The standard InChI is InChI=1S/C18H26N4O6S/c1-3-4-5-15(23)16(24)13(10-12-6-8-19-9-7-12)20-17(25)14-11-28-18(21-14)22-29(2,26)27/h6-9,11,13,15-16,23-24H,3-5,10H2,1-2H3,(H,20,25)(H,21,22). The first-order valence-electron chi connectivity index (χ1n) is 9.18. The summed E-state index contributed by atoms with van der Waals surface area (Å²) in [4.78, 5) is 20.3. The van der Waals surface area contributed by atoms with Gasteiger partial charge < -0.3 is 19.9 Å². The van der Waals surface area contributed by atoms with Gasteiger partial charge >= 0.3 is 6.01 Å². The molecule has 0 radical (unpaired) electrons. The molecule has 0 saturated heterocycles. The second kappa shape index (κ2) is 10.3. The van der Waals surface area contributed by atoms with Crippen molar-refractivity contribution < 1.29 is 27.8 Å². The number of hydrogen-bond donors (Lipinski definition) is 4. The summed E-state index contributed by atoms with van der Waals surface area (Å²) in [5.41, 5.74) is 0.651. The number of nitrogens with one attached hydrogen (secondary N) is 2. The number of rotatable bonds is 11. The van der Waals surface area contributed by atoms with Gasteiger partial charge in [-0.25, -0.2) is 13.1 Å². The first kappa shape index (κ1) is 22.8. The fourth-order valence-electron chi connectivity index (χ4n) is 2.71. The van der Waals surface area contributed by atoms with Gasteiger partial charge in [-0.15, -0.1) is 0 Å². The average molecular weight is 426 g/mol. The molecular formula is C18H26N4O6S. The van der Waals surface area contributed by atoms with Gasteiger partial charge in [0.2, 0.25) is 10.0 Å². The van der Waals surface area contributed by atoms with E-state index in [2.05, 4.69) is 15.3 Å². The highest BCUT2D eigenvalue weighted by Gasteiger charge is 2.29. The van der Waals surface area contributed by atoms with Crippen LogP contribution < -0.4 is 10.0 Å². The van der Waals surface area contributed by atoms with E-state index < -0.39 is 34.2 Å². The van der Waals surface area contributed by atoms with Gasteiger partial charge in [-0.2, -0.15) is 4.98 Å². The van der Waals surface area contributed by atoms with Gasteiger partial charge in [0.05, 0.1) is 18.4 Å². The minimum Gasteiger partial charge on any atom is -0.431 e. The third kappa shape index (κ3) is 7.44. The number of carbonyl (C=O) groups is 1. The maximum atomic E-state index is 12.5. The molecule has 0 aromatic carbocycles. The van der Waals surface area contributed by atoms with E-state index in [4.69, 9.17) is 4.42 Å². The third-order valence-corrected chi connectivity index (χ3v) is 4.74. The van der Waals surface area contributed by atoms with Crippen LogP contribution in [0.3, 0.4) is 0 Å². The highest BCUT2D eigenvalue weighted by Crippen LogP contribution is 2.14. The fourth-order valence-corrected chi connectivity index (χ4v) is 3.12. The summed E-state index contributed by atoms with van der Waals surface area (Å²) < 4.78 is 29.4. The molecule has 160 valence electrons. The molecular weight excluding hydrogens is 400 g/mol. The van der Waals surface area contributed by atoms with Gasteiger partial charge in [-0.1, -0.05) is 19.8 Å². The number of sulfonamides is 1. The number of oxazole rings is 1. The highest BCUT2D eigenvalue weighted by atomic mass is 32.2. The van der Waals surface area contributed by atoms with Crippen LogP contribution in [0, 0.1) is 0 Å². The van der Waals surface area contributed by atoms with Crippen molar-refractivity contribution in [2.45, 2.75) is 50.9 Å². The Morgan fingerprint density at radius 1 is 1.28 bits per heavy atom. The lowest BCUT2D eigenvalue weighted by Gasteiger charge is -2.27. The van der Waals surface area contributed by atoms with Crippen molar-refractivity contribution in [3.63, 3.8) is 0 Å². The Morgan fingerprint density at radius 3 is 2.59 bits per heavy atom. The summed E-state index contributed by atoms with van der Waals surface area (Å²) >= 11 is 0. The molecule has 0 spiro atoms. The zero-order valence-electron chi connectivity index (χ0n) is 16.3. The molecule has 2 heterocycles. The summed E-state index contributed by atoms with van der Waals surface area (Å²) in [5.74, 6) is -0.670. The van der Waals surface area contributed by atoms with Crippen LogP contribution in [-0.2, 0) is 16.4 Å². The quantitative estimate of drug-likeness (QED) is 0.409. The number of pyridine rings is 1. The molecule has 3 atom stereocenters. The molecule has 0 aliphatic heterocycles. The molecule has 11 heteroatoms. The van der Waals surface area contributed by atoms with Gasteiger partial charge in [0.1, 0.15) is 12.4 Å². The number of aliphatic hydroxyl groups is 2. The molecule has 0 aliphatic carbocycles. The smallest absolute Gasteiger partial charge is 0.309 e. The molecule has 4 N–H and O–H groups in total. The van der Waals surface area contributed by atoms with Gasteiger partial charge in [0.15, 0.2) is 5.69 Å². The van der Waals surface area contributed by atoms with E-state index in [9.17, 15) is 23.4 Å². The summed E-state index contributed by atoms with van der Waals surface area (Å²) in [7, 11) is -3.60. The molecule has 0 fully saturated rings. The van der Waals surface area contributed by atoms with E-state index in [1.165, 1.54) is 0 Å². The number of anilines is 1. The van der Waals surface area contributed by atoms with Crippen molar-refractivity contribution >= 4 is 21.9 Å². The summed E-state index contributed by atoms with van der Waals surface area (Å²) in [5, 5.41) is 23.5. The zero-order valence-corrected chi connectivity index (χ0v) is 17.1. The Bertz CT molecular complexity index is 887. The van der Waals surface area contributed by atoms with E-state index in [0.717, 1.165) is 30.9 Å². The summed E-state index contributed by atoms with van der Waals surface area (Å²) in [6.45, 7) is 1.97. The number of hydrogen-bond acceptors (Lipinski definition) is 8. The lowest BCUT2D eigenvalue weighted by atomic mass is 9.95. The SMILES string of the molecule is CCCCC(O)C(O)C(Cc1ccncc1)NC(=O)c1coc(NS(C)(=O)=O)n1. The number of carbonyl (C=O) groups excluding carboxylic acids is 1. The Balaban J connectivity index is 2.14. The Morgan fingerprint density at radius 2 is 1.97 bits per heavy atom. The van der Waals surface area contributed by atoms with Gasteiger partial charge in [-0.05, 0) is 30.5 Å². The highest BCUT2D eigenvalue weighted by molar-refractivity contribution is 7.91. The second-order valence-electron chi connectivity index (χ2n) is 6.75. The van der Waals surface area contributed by atoms with Crippen molar-refractivity contribution in [1.82, 2.24) is 15.3 Å². The zero-order chi connectivity index (χ0) is 21.4. The van der Waals surface area contributed by atoms with Crippen LogP contribution in [0.2, 0.25) is 0 Å². The Kier molecular flexibility index (Phi) is 8.11. The summed E-state index contributed by atoms with van der Waals surface area (Å²) in [6, 6.07) is 2.34. The largest absolute Gasteiger partial charge is 0.431 e. The molecule has 2 aromatic heterocycles. The molecule has 2 aromatic rings. The van der Waals surface area contributed by atoms with Crippen LogP contribution in [-0.4, -0.2) is 59.0 Å². The van der Waals surface area contributed by atoms with Gasteiger partial charge in [-0.3, -0.25) is 9.78 Å². The fraction of sp³-hybridized carbons (Fsp3) is 0.500. The van der Waals surface area contributed by atoms with Crippen molar-refractivity contribution in [2.75, 3.05) is 11.0 Å². The maximum absolute atomic E-state index is 12.5. The lowest BCUT2D eigenvalue weighted by Crippen LogP contribution is -2.49. The van der Waals surface area contributed by atoms with E-state index in [1.807, 2.05) is 11.6 Å².